The van der Waals surface area contributed by atoms with Crippen LogP contribution in [0, 0.1) is 11.8 Å². The first-order chi connectivity index (χ1) is 13.3. The predicted octanol–water partition coefficient (Wildman–Crippen LogP) is 4.96. The number of unbranched alkanes of at least 4 members (excludes halogenated alkanes) is 3. The molecule has 1 fully saturated rings. The highest BCUT2D eigenvalue weighted by atomic mass is 35.5. The third-order valence-electron chi connectivity index (χ3n) is 6.00. The molecule has 1 aromatic carbocycles. The second kappa shape index (κ2) is 11.2. The third-order valence-corrected chi connectivity index (χ3v) is 6.50. The first kappa shape index (κ1) is 23.2. The number of hydrogen-bond acceptors (Lipinski definition) is 4. The summed E-state index contributed by atoms with van der Waals surface area (Å²) in [5.74, 6) is 0.314. The van der Waals surface area contributed by atoms with Gasteiger partial charge in [0.25, 0.3) is 0 Å². The van der Waals surface area contributed by atoms with E-state index in [2.05, 4.69) is 4.74 Å². The molecule has 0 amide bonds. The third kappa shape index (κ3) is 6.20. The molecule has 1 unspecified atom stereocenters. The molecular weight excluding hydrogens is 376 g/mol. The van der Waals surface area contributed by atoms with Crippen LogP contribution < -0.4 is 0 Å². The van der Waals surface area contributed by atoms with Crippen LogP contribution in [-0.4, -0.2) is 34.8 Å². The number of methoxy groups -OCH3 is 1. The molecule has 1 aliphatic carbocycles. The Hall–Kier alpha value is -1.10. The Bertz CT molecular complexity index is 601. The average molecular weight is 411 g/mol. The number of hydrogen-bond donors (Lipinski definition) is 2. The summed E-state index contributed by atoms with van der Waals surface area (Å²) in [5, 5.41) is 20.8. The van der Waals surface area contributed by atoms with Crippen LogP contribution in [0.15, 0.2) is 24.3 Å². The number of ether oxygens (including phenoxy) is 1. The predicted molar refractivity (Wildman–Crippen MR) is 112 cm³/mol. The summed E-state index contributed by atoms with van der Waals surface area (Å²) in [6, 6.07) is 8.01. The molecule has 0 aromatic heterocycles. The van der Waals surface area contributed by atoms with Crippen LogP contribution in [0.3, 0.4) is 0 Å². The molecule has 5 atom stereocenters. The SMILES string of the molecule is COC(=O)CCCCCC[C@@H]1[C@@H](c2ccc(C(O)C(C)C)cc2)[C@H](O)C[C@@H]1Cl. The van der Waals surface area contributed by atoms with Crippen LogP contribution >= 0.6 is 11.6 Å². The summed E-state index contributed by atoms with van der Waals surface area (Å²) < 4.78 is 4.66. The number of carbonyl (C=O) groups excluding carboxylic acids is 1. The van der Waals surface area contributed by atoms with Gasteiger partial charge in [0.15, 0.2) is 0 Å². The van der Waals surface area contributed by atoms with Crippen LogP contribution in [0.4, 0.5) is 0 Å². The molecule has 5 heteroatoms. The summed E-state index contributed by atoms with van der Waals surface area (Å²) in [6.45, 7) is 4.00. The molecule has 1 saturated carbocycles. The van der Waals surface area contributed by atoms with Crippen molar-refractivity contribution in [2.45, 2.75) is 82.3 Å². The molecule has 1 aromatic rings. The molecule has 2 N–H and O–H groups in total. The van der Waals surface area contributed by atoms with Crippen molar-refractivity contribution in [1.82, 2.24) is 0 Å². The normalized spacial score (nSPS) is 25.8. The Morgan fingerprint density at radius 3 is 2.43 bits per heavy atom. The minimum atomic E-state index is -0.468. The zero-order chi connectivity index (χ0) is 20.7. The number of halogens is 1. The molecule has 0 heterocycles. The highest BCUT2D eigenvalue weighted by Crippen LogP contribution is 2.45. The molecule has 4 nitrogen and oxygen atoms in total. The van der Waals surface area contributed by atoms with Crippen LogP contribution in [0.2, 0.25) is 0 Å². The number of aliphatic hydroxyl groups is 2. The maximum absolute atomic E-state index is 11.2. The number of aliphatic hydroxyl groups excluding tert-OH is 2. The van der Waals surface area contributed by atoms with E-state index in [1.54, 1.807) is 0 Å². The Balaban J connectivity index is 1.91. The monoisotopic (exact) mass is 410 g/mol. The highest BCUT2D eigenvalue weighted by molar-refractivity contribution is 6.21. The second-order valence-electron chi connectivity index (χ2n) is 8.39. The summed E-state index contributed by atoms with van der Waals surface area (Å²) >= 11 is 6.58. The van der Waals surface area contributed by atoms with Gasteiger partial charge < -0.3 is 14.9 Å². The Kier molecular flexibility index (Phi) is 9.26. The highest BCUT2D eigenvalue weighted by Gasteiger charge is 2.41. The molecule has 28 heavy (non-hydrogen) atoms. The number of esters is 1. The van der Waals surface area contributed by atoms with E-state index in [4.69, 9.17) is 11.6 Å². The molecule has 0 aliphatic heterocycles. The van der Waals surface area contributed by atoms with Gasteiger partial charge in [-0.05, 0) is 42.2 Å². The Morgan fingerprint density at radius 2 is 1.82 bits per heavy atom. The van der Waals surface area contributed by atoms with Gasteiger partial charge >= 0.3 is 5.97 Å². The van der Waals surface area contributed by atoms with E-state index in [1.165, 1.54) is 7.11 Å². The zero-order valence-electron chi connectivity index (χ0n) is 17.3. The van der Waals surface area contributed by atoms with E-state index < -0.39 is 12.2 Å². The van der Waals surface area contributed by atoms with Gasteiger partial charge in [-0.1, -0.05) is 57.4 Å². The number of benzene rings is 1. The molecule has 0 radical (unpaired) electrons. The fourth-order valence-electron chi connectivity index (χ4n) is 4.30. The van der Waals surface area contributed by atoms with E-state index in [0.29, 0.717) is 12.8 Å². The molecule has 0 saturated heterocycles. The molecule has 0 spiro atoms. The van der Waals surface area contributed by atoms with E-state index in [9.17, 15) is 15.0 Å². The van der Waals surface area contributed by atoms with Crippen molar-refractivity contribution < 1.29 is 19.7 Å². The Labute approximate surface area is 174 Å². The van der Waals surface area contributed by atoms with Crippen molar-refractivity contribution in [1.29, 1.82) is 0 Å². The van der Waals surface area contributed by atoms with Gasteiger partial charge in [0.05, 0.1) is 19.3 Å². The summed E-state index contributed by atoms with van der Waals surface area (Å²) in [4.78, 5) is 11.2. The number of rotatable bonds is 10. The lowest BCUT2D eigenvalue weighted by Gasteiger charge is -2.25. The van der Waals surface area contributed by atoms with Gasteiger partial charge in [-0.3, -0.25) is 4.79 Å². The minimum Gasteiger partial charge on any atom is -0.469 e. The zero-order valence-corrected chi connectivity index (χ0v) is 18.1. The van der Waals surface area contributed by atoms with Gasteiger partial charge in [-0.15, -0.1) is 11.6 Å². The average Bonchev–Trinajstić information content (AvgIpc) is 2.96. The van der Waals surface area contributed by atoms with Gasteiger partial charge in [0, 0.05) is 17.7 Å². The Morgan fingerprint density at radius 1 is 1.18 bits per heavy atom. The number of alkyl halides is 1. The maximum atomic E-state index is 11.2. The van der Waals surface area contributed by atoms with Crippen molar-refractivity contribution in [3.8, 4) is 0 Å². The van der Waals surface area contributed by atoms with E-state index >= 15 is 0 Å². The maximum Gasteiger partial charge on any atom is 0.305 e. The fourth-order valence-corrected chi connectivity index (χ4v) is 4.76. The molecule has 1 aliphatic rings. The standard InChI is InChI=1S/C23H35ClO4/c1-15(2)23(27)17-12-10-16(11-13-17)22-18(19(24)14-20(22)25)8-6-4-5-7-9-21(26)28-3/h10-13,15,18-20,22-23,25,27H,4-9,14H2,1-3H3/t18-,19-,20+,22+,23?/m0/s1. The lowest BCUT2D eigenvalue weighted by atomic mass is 9.83. The van der Waals surface area contributed by atoms with Gasteiger partial charge in [0.2, 0.25) is 0 Å². The van der Waals surface area contributed by atoms with Crippen molar-refractivity contribution in [3.05, 3.63) is 35.4 Å². The van der Waals surface area contributed by atoms with Crippen LogP contribution in [0.5, 0.6) is 0 Å². The minimum absolute atomic E-state index is 0.0176. The smallest absolute Gasteiger partial charge is 0.305 e. The molecular formula is C23H35ClO4. The lowest BCUT2D eigenvalue weighted by molar-refractivity contribution is -0.140. The summed E-state index contributed by atoms with van der Waals surface area (Å²) in [7, 11) is 1.42. The van der Waals surface area contributed by atoms with E-state index in [-0.39, 0.29) is 29.1 Å². The lowest BCUT2D eigenvalue weighted by Crippen LogP contribution is -2.19. The van der Waals surface area contributed by atoms with Crippen LogP contribution in [-0.2, 0) is 9.53 Å². The van der Waals surface area contributed by atoms with E-state index in [1.807, 2.05) is 38.1 Å². The van der Waals surface area contributed by atoms with Crippen molar-refractivity contribution in [3.63, 3.8) is 0 Å². The van der Waals surface area contributed by atoms with Crippen molar-refractivity contribution in [2.24, 2.45) is 11.8 Å². The molecule has 0 bridgehead atoms. The van der Waals surface area contributed by atoms with Gasteiger partial charge in [-0.2, -0.15) is 0 Å². The first-order valence-corrected chi connectivity index (χ1v) is 11.0. The topological polar surface area (TPSA) is 66.8 Å². The largest absolute Gasteiger partial charge is 0.469 e. The summed E-state index contributed by atoms with van der Waals surface area (Å²) in [5.41, 5.74) is 2.02. The first-order valence-electron chi connectivity index (χ1n) is 10.5. The van der Waals surface area contributed by atoms with Crippen molar-refractivity contribution in [2.75, 3.05) is 7.11 Å². The number of carbonyl (C=O) groups is 1. The van der Waals surface area contributed by atoms with Gasteiger partial charge in [0.1, 0.15) is 0 Å². The molecule has 158 valence electrons. The van der Waals surface area contributed by atoms with Crippen LogP contribution in [0.1, 0.15) is 81.9 Å². The van der Waals surface area contributed by atoms with Crippen LogP contribution in [0.25, 0.3) is 0 Å². The summed E-state index contributed by atoms with van der Waals surface area (Å²) in [6.07, 6.45) is 5.14. The van der Waals surface area contributed by atoms with Crippen molar-refractivity contribution >= 4 is 17.6 Å². The second-order valence-corrected chi connectivity index (χ2v) is 8.95. The van der Waals surface area contributed by atoms with E-state index in [0.717, 1.165) is 43.2 Å². The van der Waals surface area contributed by atoms with Gasteiger partial charge in [-0.25, -0.2) is 0 Å². The fraction of sp³-hybridized carbons (Fsp3) is 0.696. The quantitative estimate of drug-likeness (QED) is 0.325. The molecule has 2 rings (SSSR count).